The van der Waals surface area contributed by atoms with Gasteiger partial charge in [0.15, 0.2) is 11.5 Å². The van der Waals surface area contributed by atoms with E-state index in [2.05, 4.69) is 6.58 Å². The molecule has 0 amide bonds. The molecule has 19 heavy (non-hydrogen) atoms. The summed E-state index contributed by atoms with van der Waals surface area (Å²) in [7, 11) is 1.66. The highest BCUT2D eigenvalue weighted by Crippen LogP contribution is 2.32. The zero-order valence-electron chi connectivity index (χ0n) is 11.1. The zero-order chi connectivity index (χ0) is 13.5. The molecule has 0 atom stereocenters. The Balaban J connectivity index is 2.15. The third-order valence-electron chi connectivity index (χ3n) is 2.87. The molecule has 0 aliphatic rings. The van der Waals surface area contributed by atoms with Gasteiger partial charge in [-0.15, -0.1) is 6.58 Å². The normalized spacial score (nSPS) is 9.95. The van der Waals surface area contributed by atoms with Crippen molar-refractivity contribution in [2.75, 3.05) is 7.11 Å². The minimum atomic E-state index is 0.536. The molecule has 0 aromatic heterocycles. The molecule has 0 aliphatic carbocycles. The Morgan fingerprint density at radius 3 is 2.53 bits per heavy atom. The maximum Gasteiger partial charge on any atom is 0.164 e. The molecule has 0 heterocycles. The SMILES string of the molecule is C=CCc1cccc(OCc2ccccc2)c1OC. The van der Waals surface area contributed by atoms with Gasteiger partial charge in [-0.1, -0.05) is 48.5 Å². The summed E-state index contributed by atoms with van der Waals surface area (Å²) >= 11 is 0. The van der Waals surface area contributed by atoms with Crippen LogP contribution in [-0.2, 0) is 13.0 Å². The quantitative estimate of drug-likeness (QED) is 0.725. The van der Waals surface area contributed by atoms with Crippen LogP contribution in [0.3, 0.4) is 0 Å². The van der Waals surface area contributed by atoms with Gasteiger partial charge in [0.05, 0.1) is 7.11 Å². The fourth-order valence-corrected chi connectivity index (χ4v) is 1.96. The first kappa shape index (κ1) is 13.2. The van der Waals surface area contributed by atoms with Crippen LogP contribution in [-0.4, -0.2) is 7.11 Å². The number of benzene rings is 2. The van der Waals surface area contributed by atoms with Crippen molar-refractivity contribution in [3.63, 3.8) is 0 Å². The summed E-state index contributed by atoms with van der Waals surface area (Å²) in [5.41, 5.74) is 2.22. The molecule has 0 spiro atoms. The van der Waals surface area contributed by atoms with E-state index in [1.165, 1.54) is 0 Å². The highest BCUT2D eigenvalue weighted by Gasteiger charge is 2.09. The van der Waals surface area contributed by atoms with E-state index >= 15 is 0 Å². The smallest absolute Gasteiger partial charge is 0.164 e. The van der Waals surface area contributed by atoms with Crippen LogP contribution in [0.5, 0.6) is 11.5 Å². The first-order valence-corrected chi connectivity index (χ1v) is 6.28. The van der Waals surface area contributed by atoms with E-state index < -0.39 is 0 Å². The van der Waals surface area contributed by atoms with E-state index in [0.29, 0.717) is 6.61 Å². The zero-order valence-corrected chi connectivity index (χ0v) is 11.1. The Bertz CT molecular complexity index is 532. The number of ether oxygens (including phenoxy) is 2. The molecular weight excluding hydrogens is 236 g/mol. The summed E-state index contributed by atoms with van der Waals surface area (Å²) in [5.74, 6) is 1.56. The Hall–Kier alpha value is -2.22. The van der Waals surface area contributed by atoms with Gasteiger partial charge in [-0.3, -0.25) is 0 Å². The Labute approximate surface area is 114 Å². The summed E-state index contributed by atoms with van der Waals surface area (Å²) in [6, 6.07) is 16.0. The number of hydrogen-bond acceptors (Lipinski definition) is 2. The fraction of sp³-hybridized carbons (Fsp3) is 0.176. The van der Waals surface area contributed by atoms with Gasteiger partial charge < -0.3 is 9.47 Å². The number of methoxy groups -OCH3 is 1. The van der Waals surface area contributed by atoms with Gasteiger partial charge in [0.25, 0.3) is 0 Å². The third-order valence-corrected chi connectivity index (χ3v) is 2.87. The van der Waals surface area contributed by atoms with Crippen LogP contribution in [0.25, 0.3) is 0 Å². The molecule has 0 aliphatic heterocycles. The molecule has 2 heteroatoms. The van der Waals surface area contributed by atoms with Crippen LogP contribution in [0.4, 0.5) is 0 Å². The second kappa shape index (κ2) is 6.64. The first-order chi connectivity index (χ1) is 9.35. The van der Waals surface area contributed by atoms with Crippen molar-refractivity contribution in [2.45, 2.75) is 13.0 Å². The summed E-state index contributed by atoms with van der Waals surface area (Å²) in [5, 5.41) is 0. The Kier molecular flexibility index (Phi) is 4.62. The number of hydrogen-bond donors (Lipinski definition) is 0. The van der Waals surface area contributed by atoms with Gasteiger partial charge >= 0.3 is 0 Å². The van der Waals surface area contributed by atoms with E-state index in [-0.39, 0.29) is 0 Å². The van der Waals surface area contributed by atoms with E-state index in [1.807, 2.05) is 54.6 Å². The van der Waals surface area contributed by atoms with Crippen molar-refractivity contribution >= 4 is 0 Å². The monoisotopic (exact) mass is 254 g/mol. The van der Waals surface area contributed by atoms with Crippen LogP contribution in [0.2, 0.25) is 0 Å². The van der Waals surface area contributed by atoms with Crippen molar-refractivity contribution in [1.82, 2.24) is 0 Å². The third kappa shape index (κ3) is 3.38. The number of para-hydroxylation sites is 1. The van der Waals surface area contributed by atoms with Gasteiger partial charge in [-0.25, -0.2) is 0 Å². The van der Waals surface area contributed by atoms with Gasteiger partial charge in [0.1, 0.15) is 6.61 Å². The Morgan fingerprint density at radius 1 is 1.05 bits per heavy atom. The van der Waals surface area contributed by atoms with E-state index in [4.69, 9.17) is 9.47 Å². The molecule has 0 radical (unpaired) electrons. The molecule has 2 nitrogen and oxygen atoms in total. The largest absolute Gasteiger partial charge is 0.493 e. The lowest BCUT2D eigenvalue weighted by Crippen LogP contribution is -1.99. The lowest BCUT2D eigenvalue weighted by molar-refractivity contribution is 0.283. The molecule has 2 aromatic carbocycles. The Morgan fingerprint density at radius 2 is 1.84 bits per heavy atom. The molecule has 0 saturated heterocycles. The molecule has 0 bridgehead atoms. The second-order valence-corrected chi connectivity index (χ2v) is 4.22. The van der Waals surface area contributed by atoms with Crippen LogP contribution < -0.4 is 9.47 Å². The molecule has 0 unspecified atom stereocenters. The van der Waals surface area contributed by atoms with E-state index in [9.17, 15) is 0 Å². The average Bonchev–Trinajstić information content (AvgIpc) is 2.46. The van der Waals surface area contributed by atoms with Gasteiger partial charge in [-0.2, -0.15) is 0 Å². The van der Waals surface area contributed by atoms with Crippen LogP contribution in [0, 0.1) is 0 Å². The second-order valence-electron chi connectivity index (χ2n) is 4.22. The van der Waals surface area contributed by atoms with Crippen molar-refractivity contribution in [2.24, 2.45) is 0 Å². The van der Waals surface area contributed by atoms with Crippen molar-refractivity contribution in [3.05, 3.63) is 72.3 Å². The predicted molar refractivity (Wildman–Crippen MR) is 77.7 cm³/mol. The maximum atomic E-state index is 5.84. The predicted octanol–water partition coefficient (Wildman–Crippen LogP) is 4.00. The van der Waals surface area contributed by atoms with Crippen molar-refractivity contribution in [1.29, 1.82) is 0 Å². The highest BCUT2D eigenvalue weighted by atomic mass is 16.5. The molecule has 2 rings (SSSR count). The summed E-state index contributed by atoms with van der Waals surface area (Å²) in [6.07, 6.45) is 2.63. The minimum Gasteiger partial charge on any atom is -0.493 e. The van der Waals surface area contributed by atoms with Gasteiger partial charge in [-0.05, 0) is 18.1 Å². The summed E-state index contributed by atoms with van der Waals surface area (Å²) in [6.45, 7) is 4.29. The van der Waals surface area contributed by atoms with Crippen LogP contribution in [0.1, 0.15) is 11.1 Å². The lowest BCUT2D eigenvalue weighted by Gasteiger charge is -2.13. The molecule has 2 aromatic rings. The molecular formula is C17H18O2. The number of rotatable bonds is 6. The number of allylic oxidation sites excluding steroid dienone is 1. The summed E-state index contributed by atoms with van der Waals surface area (Å²) in [4.78, 5) is 0. The molecule has 0 saturated carbocycles. The van der Waals surface area contributed by atoms with Crippen LogP contribution >= 0.6 is 0 Å². The fourth-order valence-electron chi connectivity index (χ4n) is 1.96. The van der Waals surface area contributed by atoms with Gasteiger partial charge in [0, 0.05) is 5.56 Å². The first-order valence-electron chi connectivity index (χ1n) is 6.28. The molecule has 98 valence electrons. The highest BCUT2D eigenvalue weighted by molar-refractivity contribution is 5.47. The average molecular weight is 254 g/mol. The minimum absolute atomic E-state index is 0.536. The van der Waals surface area contributed by atoms with Crippen molar-refractivity contribution < 1.29 is 9.47 Å². The van der Waals surface area contributed by atoms with E-state index in [0.717, 1.165) is 29.0 Å². The van der Waals surface area contributed by atoms with Crippen LogP contribution in [0.15, 0.2) is 61.2 Å². The van der Waals surface area contributed by atoms with Crippen molar-refractivity contribution in [3.8, 4) is 11.5 Å². The van der Waals surface area contributed by atoms with E-state index in [1.54, 1.807) is 7.11 Å². The maximum absolute atomic E-state index is 5.84. The lowest BCUT2D eigenvalue weighted by atomic mass is 10.1. The summed E-state index contributed by atoms with van der Waals surface area (Å²) < 4.78 is 11.3. The topological polar surface area (TPSA) is 18.5 Å². The standard InChI is InChI=1S/C17H18O2/c1-3-8-15-11-7-12-16(17(15)18-2)19-13-14-9-5-4-6-10-14/h3-7,9-12H,1,8,13H2,2H3. The molecule has 0 fully saturated rings. The molecule has 0 N–H and O–H groups in total. The van der Waals surface area contributed by atoms with Gasteiger partial charge in [0.2, 0.25) is 0 Å².